The van der Waals surface area contributed by atoms with E-state index in [1.807, 2.05) is 0 Å². The lowest BCUT2D eigenvalue weighted by Crippen LogP contribution is -2.68. The molecule has 2 aromatic rings. The van der Waals surface area contributed by atoms with Crippen molar-refractivity contribution in [1.29, 1.82) is 0 Å². The predicted molar refractivity (Wildman–Crippen MR) is 127 cm³/mol. The fourth-order valence-corrected chi connectivity index (χ4v) is 4.84. The first-order chi connectivity index (χ1) is 17.2. The summed E-state index contributed by atoms with van der Waals surface area (Å²) in [6.07, 6.45) is 3.82. The van der Waals surface area contributed by atoms with Gasteiger partial charge in [-0.3, -0.25) is 28.8 Å². The molecule has 0 radical (unpaired) electrons. The Balaban J connectivity index is 1.43. The maximum Gasteiger partial charge on any atom is 0.287 e. The minimum atomic E-state index is -1.25. The molecule has 4 N–H and O–H groups in total. The monoisotopic (exact) mass is 515 g/mol. The Labute approximate surface area is 209 Å². The zero-order valence-electron chi connectivity index (χ0n) is 19.4. The molecule has 36 heavy (non-hydrogen) atoms. The Morgan fingerprint density at radius 2 is 1.97 bits per heavy atom. The number of amides is 4. The molecule has 3 fully saturated rings. The summed E-state index contributed by atoms with van der Waals surface area (Å²) in [5, 5.41) is 17.3. The Bertz CT molecular complexity index is 1240. The molecule has 2 bridgehead atoms. The van der Waals surface area contributed by atoms with Crippen LogP contribution >= 0.6 is 11.3 Å². The normalized spacial score (nSPS) is 20.2. The molecule has 13 nitrogen and oxygen atoms in total. The number of nitrogens with zero attached hydrogens (tertiary/aromatic N) is 3. The molecular weight excluding hydrogens is 490 g/mol. The molecule has 3 aliphatic rings. The van der Waals surface area contributed by atoms with Crippen molar-refractivity contribution in [2.75, 3.05) is 12.4 Å². The van der Waals surface area contributed by atoms with Crippen LogP contribution < -0.4 is 26.8 Å². The zero-order chi connectivity index (χ0) is 25.9. The van der Waals surface area contributed by atoms with Gasteiger partial charge in [0.25, 0.3) is 17.4 Å². The second-order valence-electron chi connectivity index (χ2n) is 8.96. The molecule has 3 aliphatic carbocycles. The number of hydrogen-bond donors (Lipinski definition) is 4. The Morgan fingerprint density at radius 3 is 2.58 bits per heavy atom. The van der Waals surface area contributed by atoms with Crippen molar-refractivity contribution < 1.29 is 24.0 Å². The van der Waals surface area contributed by atoms with Gasteiger partial charge in [-0.15, -0.1) is 10.2 Å². The summed E-state index contributed by atoms with van der Waals surface area (Å²) in [6.45, 7) is -0.202. The maximum absolute atomic E-state index is 13.0. The van der Waals surface area contributed by atoms with Crippen molar-refractivity contribution in [1.82, 2.24) is 30.7 Å². The van der Waals surface area contributed by atoms with Crippen molar-refractivity contribution >= 4 is 46.4 Å². The number of carbonyl (C=O) groups excluding carboxylic acids is 5. The minimum Gasteiger partial charge on any atom is -0.353 e. The van der Waals surface area contributed by atoms with Crippen LogP contribution in [0.15, 0.2) is 28.6 Å². The van der Waals surface area contributed by atoms with Crippen LogP contribution in [0.5, 0.6) is 0 Å². The summed E-state index contributed by atoms with van der Waals surface area (Å²) in [4.78, 5) is 74.2. The number of hydrogen-bond acceptors (Lipinski definition) is 9. The fourth-order valence-electron chi connectivity index (χ4n) is 4.39. The lowest BCUT2D eigenvalue weighted by Gasteiger charge is -2.61. The smallest absolute Gasteiger partial charge is 0.287 e. The van der Waals surface area contributed by atoms with Gasteiger partial charge in [-0.2, -0.15) is 0 Å². The number of aromatic nitrogens is 3. The average Bonchev–Trinajstić information content (AvgIpc) is 3.35. The Kier molecular flexibility index (Phi) is 7.24. The molecule has 0 spiro atoms. The molecule has 1 atom stereocenters. The maximum atomic E-state index is 13.0. The van der Waals surface area contributed by atoms with Crippen molar-refractivity contribution in [3.8, 4) is 0 Å². The van der Waals surface area contributed by atoms with Crippen molar-refractivity contribution in [3.05, 3.63) is 39.2 Å². The number of Topliss-reactive ketones (excluding diaryl/α,β-unsaturated/α-hetero) is 1. The van der Waals surface area contributed by atoms with E-state index in [4.69, 9.17) is 0 Å². The summed E-state index contributed by atoms with van der Waals surface area (Å²) in [5.41, 5.74) is 0.514. The number of nitrogens with one attached hydrogen (secondary N) is 4. The average molecular weight is 516 g/mol. The lowest BCUT2D eigenvalue weighted by molar-refractivity contribution is -0.137. The van der Waals surface area contributed by atoms with E-state index in [0.29, 0.717) is 5.92 Å². The first-order valence-corrected chi connectivity index (χ1v) is 12.2. The van der Waals surface area contributed by atoms with Gasteiger partial charge in [0, 0.05) is 25.2 Å². The van der Waals surface area contributed by atoms with E-state index >= 15 is 0 Å². The van der Waals surface area contributed by atoms with Gasteiger partial charge in [-0.25, -0.2) is 0 Å². The molecule has 2 heterocycles. The van der Waals surface area contributed by atoms with Crippen molar-refractivity contribution in [2.24, 2.45) is 5.92 Å². The summed E-state index contributed by atoms with van der Waals surface area (Å²) in [6, 6.07) is 1.63. The topological polar surface area (TPSA) is 181 Å². The van der Waals surface area contributed by atoms with E-state index in [1.165, 1.54) is 35.5 Å². The Morgan fingerprint density at radius 1 is 1.22 bits per heavy atom. The standard InChI is InChI=1S/C22H25N7O6S/c1-23-18(33)15(30)5-4-13(25-19(34)20-28-24-11-36-20)17(32)26-14-3-2-6-29(21(14)35)10-16(31)27-22-7-12(8-22)9-22/h2-3,6,11-13H,4-5,7-10H2,1H3,(H,23,33)(H,25,34)(H,26,32)(H,27,31)/t12?,13-,22?/m0/s1. The van der Waals surface area contributed by atoms with E-state index in [-0.39, 0.29) is 41.5 Å². The van der Waals surface area contributed by atoms with Crippen LogP contribution in [-0.2, 0) is 25.7 Å². The highest BCUT2D eigenvalue weighted by Crippen LogP contribution is 2.56. The molecule has 0 aromatic carbocycles. The number of ketones is 1. The second kappa shape index (κ2) is 10.4. The van der Waals surface area contributed by atoms with Gasteiger partial charge < -0.3 is 25.8 Å². The van der Waals surface area contributed by atoms with Crippen LogP contribution in [0.2, 0.25) is 0 Å². The van der Waals surface area contributed by atoms with Gasteiger partial charge in [-0.1, -0.05) is 11.3 Å². The van der Waals surface area contributed by atoms with E-state index in [2.05, 4.69) is 31.5 Å². The fraction of sp³-hybridized carbons (Fsp3) is 0.455. The van der Waals surface area contributed by atoms with Crippen LogP contribution in [0, 0.1) is 5.92 Å². The first kappa shape index (κ1) is 25.2. The molecule has 5 rings (SSSR count). The van der Waals surface area contributed by atoms with Crippen LogP contribution in [0.4, 0.5) is 5.69 Å². The first-order valence-electron chi connectivity index (χ1n) is 11.3. The molecule has 190 valence electrons. The van der Waals surface area contributed by atoms with Crippen LogP contribution in [0.1, 0.15) is 41.9 Å². The number of anilines is 1. The summed E-state index contributed by atoms with van der Waals surface area (Å²) in [5.74, 6) is -2.65. The summed E-state index contributed by atoms with van der Waals surface area (Å²) < 4.78 is 1.18. The highest BCUT2D eigenvalue weighted by atomic mass is 32.1. The van der Waals surface area contributed by atoms with Crippen LogP contribution in [0.3, 0.4) is 0 Å². The van der Waals surface area contributed by atoms with Crippen molar-refractivity contribution in [2.45, 2.75) is 50.2 Å². The molecule has 2 aromatic heterocycles. The van der Waals surface area contributed by atoms with E-state index in [0.717, 1.165) is 30.6 Å². The highest BCUT2D eigenvalue weighted by molar-refractivity contribution is 7.11. The predicted octanol–water partition coefficient (Wildman–Crippen LogP) is -0.799. The molecular formula is C22H25N7O6S. The second-order valence-corrected chi connectivity index (χ2v) is 9.80. The molecule has 0 aliphatic heterocycles. The number of pyridine rings is 1. The highest BCUT2D eigenvalue weighted by Gasteiger charge is 2.57. The SMILES string of the molecule is CNC(=O)C(=O)CC[C@H](NC(=O)c1nncs1)C(=O)Nc1cccn(CC(=O)NC23CC(C2)C3)c1=O. The summed E-state index contributed by atoms with van der Waals surface area (Å²) in [7, 11) is 1.30. The van der Waals surface area contributed by atoms with Gasteiger partial charge in [0.2, 0.25) is 22.6 Å². The van der Waals surface area contributed by atoms with Crippen molar-refractivity contribution in [3.63, 3.8) is 0 Å². The third-order valence-electron chi connectivity index (χ3n) is 6.35. The van der Waals surface area contributed by atoms with E-state index < -0.39 is 35.1 Å². The van der Waals surface area contributed by atoms with E-state index in [9.17, 15) is 28.8 Å². The van der Waals surface area contributed by atoms with E-state index in [1.54, 1.807) is 0 Å². The zero-order valence-corrected chi connectivity index (χ0v) is 20.2. The lowest BCUT2D eigenvalue weighted by atomic mass is 9.50. The number of likely N-dealkylation sites (N-methyl/N-ethyl adjacent to an activating group) is 1. The van der Waals surface area contributed by atoms with Gasteiger partial charge in [0.15, 0.2) is 0 Å². The van der Waals surface area contributed by atoms with Gasteiger partial charge in [0.1, 0.15) is 23.8 Å². The third-order valence-corrected chi connectivity index (χ3v) is 7.04. The number of rotatable bonds is 11. The largest absolute Gasteiger partial charge is 0.353 e. The van der Waals surface area contributed by atoms with Crippen LogP contribution in [0.25, 0.3) is 0 Å². The van der Waals surface area contributed by atoms with Gasteiger partial charge in [-0.05, 0) is 43.7 Å². The molecule has 4 amide bonds. The minimum absolute atomic E-state index is 0.00206. The van der Waals surface area contributed by atoms with Gasteiger partial charge >= 0.3 is 0 Å². The van der Waals surface area contributed by atoms with Gasteiger partial charge in [0.05, 0.1) is 0 Å². The third kappa shape index (κ3) is 5.48. The summed E-state index contributed by atoms with van der Waals surface area (Å²) >= 11 is 0.956. The quantitative estimate of drug-likeness (QED) is 0.281. The molecule has 3 saturated carbocycles. The molecule has 14 heteroatoms. The number of carbonyl (C=O) groups is 5. The Hall–Kier alpha value is -3.94. The molecule has 0 unspecified atom stereocenters. The van der Waals surface area contributed by atoms with Crippen LogP contribution in [-0.4, -0.2) is 62.8 Å². The molecule has 0 saturated heterocycles.